The van der Waals surface area contributed by atoms with E-state index in [1.807, 2.05) is 0 Å². The molecule has 0 aliphatic carbocycles. The number of nitro benzene ring substituents is 1. The van der Waals surface area contributed by atoms with Crippen molar-refractivity contribution in [3.8, 4) is 11.5 Å². The molecule has 0 saturated heterocycles. The van der Waals surface area contributed by atoms with Crippen molar-refractivity contribution in [3.05, 3.63) is 57.4 Å². The molecule has 0 spiro atoms. The summed E-state index contributed by atoms with van der Waals surface area (Å²) >= 11 is 0. The summed E-state index contributed by atoms with van der Waals surface area (Å²) in [6, 6.07) is 5.78. The smallest absolute Gasteiger partial charge is 0.323 e. The maximum Gasteiger partial charge on any atom is 0.323 e. The standard InChI is InChI=1S/C15H14N4O5/c1-9-3-4-11(7-16-9)15(21)18-17-8-10-5-6-12(20)14(24-2)13(10)19(22)23/h3-8,20H,1-2H3,(H,18,21). The molecule has 1 amide bonds. The van der Waals surface area contributed by atoms with Crippen LogP contribution in [-0.4, -0.2) is 34.2 Å². The first kappa shape index (κ1) is 16.9. The topological polar surface area (TPSA) is 127 Å². The van der Waals surface area contributed by atoms with Gasteiger partial charge in [-0.05, 0) is 31.2 Å². The third kappa shape index (κ3) is 3.64. The predicted molar refractivity (Wildman–Crippen MR) is 85.3 cm³/mol. The zero-order chi connectivity index (χ0) is 17.7. The van der Waals surface area contributed by atoms with Crippen molar-refractivity contribution < 1.29 is 19.6 Å². The molecule has 24 heavy (non-hydrogen) atoms. The number of amides is 1. The Morgan fingerprint density at radius 3 is 2.75 bits per heavy atom. The molecule has 1 aromatic heterocycles. The summed E-state index contributed by atoms with van der Waals surface area (Å²) in [5, 5.41) is 24.5. The Balaban J connectivity index is 2.21. The van der Waals surface area contributed by atoms with E-state index in [9.17, 15) is 20.0 Å². The number of aryl methyl sites for hydroxylation is 1. The SMILES string of the molecule is COc1c(O)ccc(C=NNC(=O)c2ccc(C)nc2)c1[N+](=O)[O-]. The quantitative estimate of drug-likeness (QED) is 0.488. The van der Waals surface area contributed by atoms with Gasteiger partial charge in [-0.15, -0.1) is 0 Å². The van der Waals surface area contributed by atoms with E-state index in [0.29, 0.717) is 5.56 Å². The average molecular weight is 330 g/mol. The molecule has 0 fully saturated rings. The Hall–Kier alpha value is -3.49. The van der Waals surface area contributed by atoms with Crippen LogP contribution in [0.25, 0.3) is 0 Å². The van der Waals surface area contributed by atoms with Crippen LogP contribution in [0.3, 0.4) is 0 Å². The number of phenols is 1. The summed E-state index contributed by atoms with van der Waals surface area (Å²) in [5.41, 5.74) is 2.93. The van der Waals surface area contributed by atoms with Crippen molar-refractivity contribution >= 4 is 17.8 Å². The second kappa shape index (κ2) is 7.18. The number of methoxy groups -OCH3 is 1. The number of hydrazone groups is 1. The normalized spacial score (nSPS) is 10.6. The third-order valence-electron chi connectivity index (χ3n) is 3.07. The van der Waals surface area contributed by atoms with Gasteiger partial charge in [-0.1, -0.05) is 0 Å². The molecule has 1 heterocycles. The molecule has 0 saturated carbocycles. The number of nitrogens with one attached hydrogen (secondary N) is 1. The van der Waals surface area contributed by atoms with Crippen LogP contribution in [0.2, 0.25) is 0 Å². The van der Waals surface area contributed by atoms with E-state index in [1.54, 1.807) is 19.1 Å². The minimum atomic E-state index is -0.703. The highest BCUT2D eigenvalue weighted by atomic mass is 16.6. The van der Waals surface area contributed by atoms with Gasteiger partial charge < -0.3 is 9.84 Å². The molecular formula is C15H14N4O5. The summed E-state index contributed by atoms with van der Waals surface area (Å²) in [4.78, 5) is 26.3. The monoisotopic (exact) mass is 330 g/mol. The third-order valence-corrected chi connectivity index (χ3v) is 3.07. The Labute approximate surface area is 136 Å². The number of nitro groups is 1. The first-order valence-electron chi connectivity index (χ1n) is 6.74. The van der Waals surface area contributed by atoms with Crippen LogP contribution in [-0.2, 0) is 0 Å². The summed E-state index contributed by atoms with van der Waals surface area (Å²) in [7, 11) is 1.20. The fourth-order valence-corrected chi connectivity index (χ4v) is 1.90. The van der Waals surface area contributed by atoms with Gasteiger partial charge in [0.2, 0.25) is 5.75 Å². The molecule has 0 atom stereocenters. The highest BCUT2D eigenvalue weighted by Gasteiger charge is 2.23. The molecule has 0 radical (unpaired) electrons. The second-order valence-corrected chi connectivity index (χ2v) is 4.70. The molecule has 0 aliphatic heterocycles. The maximum atomic E-state index is 11.9. The number of benzene rings is 1. The molecule has 2 rings (SSSR count). The van der Waals surface area contributed by atoms with Gasteiger partial charge in [-0.3, -0.25) is 19.9 Å². The van der Waals surface area contributed by atoms with E-state index >= 15 is 0 Å². The van der Waals surface area contributed by atoms with Gasteiger partial charge in [-0.25, -0.2) is 5.43 Å². The van der Waals surface area contributed by atoms with E-state index in [-0.39, 0.29) is 17.1 Å². The van der Waals surface area contributed by atoms with Crippen molar-refractivity contribution in [2.75, 3.05) is 7.11 Å². The zero-order valence-electron chi connectivity index (χ0n) is 12.9. The number of aromatic hydroxyl groups is 1. The Kier molecular flexibility index (Phi) is 5.05. The summed E-state index contributed by atoms with van der Waals surface area (Å²) < 4.78 is 4.84. The van der Waals surface area contributed by atoms with Crippen LogP contribution >= 0.6 is 0 Å². The van der Waals surface area contributed by atoms with Crippen LogP contribution < -0.4 is 10.2 Å². The number of ether oxygens (including phenoxy) is 1. The van der Waals surface area contributed by atoms with E-state index < -0.39 is 16.5 Å². The molecule has 124 valence electrons. The van der Waals surface area contributed by atoms with Gasteiger partial charge in [0.1, 0.15) is 0 Å². The van der Waals surface area contributed by atoms with Gasteiger partial charge in [0, 0.05) is 11.9 Å². The summed E-state index contributed by atoms with van der Waals surface area (Å²) in [6.07, 6.45) is 2.49. The minimum absolute atomic E-state index is 0.0666. The molecule has 2 aromatic rings. The van der Waals surface area contributed by atoms with E-state index in [2.05, 4.69) is 15.5 Å². The molecule has 1 aromatic carbocycles. The molecule has 0 bridgehead atoms. The fraction of sp³-hybridized carbons (Fsp3) is 0.133. The fourth-order valence-electron chi connectivity index (χ4n) is 1.90. The lowest BCUT2D eigenvalue weighted by Crippen LogP contribution is -2.18. The van der Waals surface area contributed by atoms with Crippen LogP contribution in [0.4, 0.5) is 5.69 Å². The van der Waals surface area contributed by atoms with Gasteiger partial charge in [0.05, 0.1) is 29.4 Å². The molecule has 0 aliphatic rings. The molecule has 0 unspecified atom stereocenters. The van der Waals surface area contributed by atoms with Crippen LogP contribution in [0.1, 0.15) is 21.6 Å². The number of nitrogens with zero attached hydrogens (tertiary/aromatic N) is 3. The van der Waals surface area contributed by atoms with Crippen molar-refractivity contribution in [2.45, 2.75) is 6.92 Å². The van der Waals surface area contributed by atoms with E-state index in [0.717, 1.165) is 11.9 Å². The zero-order valence-corrected chi connectivity index (χ0v) is 12.9. The van der Waals surface area contributed by atoms with Crippen LogP contribution in [0.5, 0.6) is 11.5 Å². The lowest BCUT2D eigenvalue weighted by Gasteiger charge is -2.06. The number of hydrogen-bond acceptors (Lipinski definition) is 7. The molecule has 9 nitrogen and oxygen atoms in total. The number of carbonyl (C=O) groups excluding carboxylic acids is 1. The average Bonchev–Trinajstić information content (AvgIpc) is 2.56. The first-order valence-corrected chi connectivity index (χ1v) is 6.74. The molecular weight excluding hydrogens is 316 g/mol. The number of phenolic OH excluding ortho intramolecular Hbond substituents is 1. The lowest BCUT2D eigenvalue weighted by molar-refractivity contribution is -0.386. The van der Waals surface area contributed by atoms with Gasteiger partial charge in [0.25, 0.3) is 5.91 Å². The summed E-state index contributed by atoms with van der Waals surface area (Å²) in [6.45, 7) is 1.79. The van der Waals surface area contributed by atoms with Crippen molar-refractivity contribution in [2.24, 2.45) is 5.10 Å². The van der Waals surface area contributed by atoms with Crippen molar-refractivity contribution in [1.82, 2.24) is 10.4 Å². The highest BCUT2D eigenvalue weighted by Crippen LogP contribution is 2.37. The molecule has 9 heteroatoms. The predicted octanol–water partition coefficient (Wildman–Crippen LogP) is 1.78. The van der Waals surface area contributed by atoms with Crippen molar-refractivity contribution in [1.29, 1.82) is 0 Å². The van der Waals surface area contributed by atoms with Crippen LogP contribution in [0.15, 0.2) is 35.6 Å². The number of pyridine rings is 1. The maximum absolute atomic E-state index is 11.9. The Bertz CT molecular complexity index is 802. The second-order valence-electron chi connectivity index (χ2n) is 4.70. The van der Waals surface area contributed by atoms with Crippen LogP contribution in [0, 0.1) is 17.0 Å². The number of hydrogen-bond donors (Lipinski definition) is 2. The van der Waals surface area contributed by atoms with Crippen molar-refractivity contribution in [3.63, 3.8) is 0 Å². The van der Waals surface area contributed by atoms with Gasteiger partial charge in [-0.2, -0.15) is 5.10 Å². The van der Waals surface area contributed by atoms with Gasteiger partial charge in [0.15, 0.2) is 5.75 Å². The molecule has 2 N–H and O–H groups in total. The number of carbonyl (C=O) groups is 1. The number of aromatic nitrogens is 1. The summed E-state index contributed by atoms with van der Waals surface area (Å²) in [5.74, 6) is -1.15. The van der Waals surface area contributed by atoms with E-state index in [4.69, 9.17) is 4.74 Å². The Morgan fingerprint density at radius 2 is 2.17 bits per heavy atom. The lowest BCUT2D eigenvalue weighted by atomic mass is 10.1. The first-order chi connectivity index (χ1) is 11.4. The van der Waals surface area contributed by atoms with E-state index in [1.165, 1.54) is 25.4 Å². The van der Waals surface area contributed by atoms with Gasteiger partial charge >= 0.3 is 5.69 Å². The highest BCUT2D eigenvalue weighted by molar-refractivity contribution is 5.95. The minimum Gasteiger partial charge on any atom is -0.504 e. The number of rotatable bonds is 5. The largest absolute Gasteiger partial charge is 0.504 e. The Morgan fingerprint density at radius 1 is 1.42 bits per heavy atom.